The molecule has 0 amide bonds. The van der Waals surface area contributed by atoms with Gasteiger partial charge in [-0.15, -0.1) is 155 Å². The second-order valence-corrected chi connectivity index (χ2v) is 39.1. The Hall–Kier alpha value is -13.6. The minimum absolute atomic E-state index is 0. The molecule has 0 saturated carbocycles. The van der Waals surface area contributed by atoms with Gasteiger partial charge in [-0.3, -0.25) is 0 Å². The average molecular weight is 2700 g/mol. The van der Waals surface area contributed by atoms with Gasteiger partial charge in [-0.05, 0) is 237 Å². The maximum atomic E-state index is 6.57. The van der Waals surface area contributed by atoms with Crippen LogP contribution in [0.25, 0.3) is 43.9 Å². The number of aromatic nitrogens is 1. The van der Waals surface area contributed by atoms with Crippen LogP contribution in [0.1, 0.15) is 77.6 Å². The number of benzene rings is 14. The fourth-order valence-electron chi connectivity index (χ4n) is 19.2. The largest absolute Gasteiger partial charge is 4.00 e. The van der Waals surface area contributed by atoms with Crippen LogP contribution in [0.2, 0.25) is 0 Å². The van der Waals surface area contributed by atoms with Crippen molar-refractivity contribution in [1.29, 1.82) is 0 Å². The van der Waals surface area contributed by atoms with Crippen LogP contribution in [0.15, 0.2) is 331 Å². The summed E-state index contributed by atoms with van der Waals surface area (Å²) in [4.78, 5) is 38.0. The van der Waals surface area contributed by atoms with Crippen molar-refractivity contribution < 1.29 is 112 Å². The molecule has 17 aromatic rings. The first kappa shape index (κ1) is 106. The molecule has 8 aliphatic heterocycles. The topological polar surface area (TPSA) is 128 Å². The molecule has 0 unspecified atom stereocenters. The molecule has 3 aromatic heterocycles. The van der Waals surface area contributed by atoms with E-state index in [4.69, 9.17) is 27.8 Å². The molecule has 25 rings (SSSR count). The van der Waals surface area contributed by atoms with Crippen molar-refractivity contribution in [2.75, 3.05) is 100 Å². The van der Waals surface area contributed by atoms with Gasteiger partial charge < -0.3 is 111 Å². The van der Waals surface area contributed by atoms with Crippen molar-refractivity contribution in [1.82, 2.24) is 39.3 Å². The van der Waals surface area contributed by atoms with Gasteiger partial charge in [-0.2, -0.15) is 83.7 Å². The van der Waals surface area contributed by atoms with Gasteiger partial charge >= 0.3 is 84.3 Å². The third-order valence-corrected chi connectivity index (χ3v) is 28.2. The molecule has 27 heteroatoms. The van der Waals surface area contributed by atoms with Crippen molar-refractivity contribution in [3.8, 4) is 46.0 Å². The maximum Gasteiger partial charge on any atom is 4.00 e. The second-order valence-electron chi connectivity index (χ2n) is 39.1. The van der Waals surface area contributed by atoms with E-state index in [9.17, 15) is 0 Å². The second kappa shape index (κ2) is 43.8. The molecule has 762 valence electrons. The molecule has 23 nitrogen and oxygen atoms in total. The summed E-state index contributed by atoms with van der Waals surface area (Å²) in [6, 6.07) is 120. The molecule has 0 atom stereocenters. The first-order valence-electron chi connectivity index (χ1n) is 48.5. The van der Waals surface area contributed by atoms with Crippen molar-refractivity contribution in [2.45, 2.75) is 77.5 Å². The first-order chi connectivity index (χ1) is 70.6. The number of pyridine rings is 1. The zero-order valence-electron chi connectivity index (χ0n) is 85.5. The molecule has 14 aromatic carbocycles. The molecule has 11 heterocycles. The van der Waals surface area contributed by atoms with Crippen molar-refractivity contribution in [3.63, 3.8) is 0 Å². The summed E-state index contributed by atoms with van der Waals surface area (Å²) < 4.78 is 37.9. The molecule has 0 fully saturated rings. The van der Waals surface area contributed by atoms with E-state index in [0.717, 1.165) is 118 Å². The van der Waals surface area contributed by atoms with E-state index in [1.807, 2.05) is 242 Å². The molecule has 0 saturated heterocycles. The van der Waals surface area contributed by atoms with Crippen LogP contribution >= 0.6 is 0 Å². The predicted octanol–water partition coefficient (Wildman–Crippen LogP) is 28.0. The van der Waals surface area contributed by atoms with Crippen LogP contribution in [0.3, 0.4) is 0 Å². The van der Waals surface area contributed by atoms with Gasteiger partial charge in [0.25, 0.3) is 0 Å². The predicted molar refractivity (Wildman–Crippen MR) is 582 cm³/mol. The number of nitrogens with zero attached hydrogens (tertiary/aromatic N) is 17. The quantitative estimate of drug-likeness (QED) is 0.0850. The third kappa shape index (κ3) is 20.9. The number of hydrogen-bond acceptors (Lipinski definition) is 23. The zero-order valence-corrected chi connectivity index (χ0v) is 94.6. The number of rotatable bonds is 16. The number of para-hydroxylation sites is 8. The van der Waals surface area contributed by atoms with E-state index < -0.39 is 0 Å². The van der Waals surface area contributed by atoms with Crippen LogP contribution in [0, 0.1) is 102 Å². The molecule has 0 aliphatic carbocycles. The van der Waals surface area contributed by atoms with Crippen LogP contribution in [-0.4, -0.2) is 95.7 Å². The molecular weight excluding hydrogens is 2590 g/mol. The molecule has 8 aliphatic rings. The Bertz CT molecular complexity index is 7880. The van der Waals surface area contributed by atoms with Gasteiger partial charge in [0.15, 0.2) is 0 Å². The Labute approximate surface area is 937 Å². The van der Waals surface area contributed by atoms with Crippen LogP contribution < -0.4 is 63.0 Å². The normalized spacial score (nSPS) is 16.5. The van der Waals surface area contributed by atoms with E-state index in [2.05, 4.69) is 365 Å². The fraction of sp³-hybridized carbons (Fsp3) is 0.163. The number of anilines is 14. The number of furan rings is 2. The molecule has 150 heavy (non-hydrogen) atoms. The standard InChI is InChI=1S/2C33H28N4O2.C31H28N4O.C26H25N5O.4Pt/c1-33(2)28-13-6-7-14-29(28)37(22-35(33)4)23-10-9-11-25(18-23)38-31-20-24(36-17-16-34(3)21-36)19-27-26-12-5-8-15-30(26)39-32(27)31;1-33(2)27-13-6-7-14-28(27)37(22-35(33)4)23-10-9-11-25(18-23)38-30-19-24(36-17-16-34(3)21-36)20-31-32(30)26-12-5-8-15-29(26)39-31;1-31(2)27-15-5-6-16-28(27)35(22-33(31)4)24-12-10-14-26(20-24)36-25-13-9-11-23(19-25)34-21-32(3)29-17-7-8-18-30(29)34;1-26(2)24-10-5-6-11-25(24)31(19-29(26)4)20-8-7-9-22(14-20)32-23-15-21(16-27-17-23)30-13-12-28(3)18-30;;;;/h5-17,19,21-22H,1-4H3;5-17,20-22H,1-4H3;5-18,21-22H,1-4H3;5-13,16-19H,1-4H3;;;;/q4*-4;4*+4. The first-order valence-corrected chi connectivity index (χ1v) is 48.5. The van der Waals surface area contributed by atoms with E-state index >= 15 is 0 Å². The summed E-state index contributed by atoms with van der Waals surface area (Å²) in [6.45, 7) is 34.3. The van der Waals surface area contributed by atoms with Gasteiger partial charge in [0.1, 0.15) is 11.2 Å². The SMILES string of the molecule is CN1C=CN(c2[c-]c(Oc3[c-]c(N4[CH-]N(C)C(C)(C)c5ccccc54)ccc3)c3c(c2)oc2ccccc23)[CH-]1.CN1C=CN(c2[c-]c(Oc3[c-]c(N4[CH-]N(C)C(C)(C)c5ccccc54)ccc3)c3oc4ccccc4c3c2)[CH-]1.CN1C=CN(c2[c-]c(Oc3[c-]c(N4[CH-]N(C)C(C)(C)c5ccccc54)ccc3)cnc2)[CH-]1.CN1[CH-]N(c2[c-]c(Oc3[c-]c(N4[CH-]N(C)C(C)(C)c5ccccc54)ccc3)ccc2)c2ccccc21.[Pt+4].[Pt+4].[Pt+4].[Pt+4]. The van der Waals surface area contributed by atoms with Crippen LogP contribution in [0.5, 0.6) is 46.0 Å². The van der Waals surface area contributed by atoms with Crippen LogP contribution in [0.4, 0.5) is 79.6 Å². The Kier molecular flexibility index (Phi) is 31.0. The molecule has 0 bridgehead atoms. The van der Waals surface area contributed by atoms with E-state index in [1.165, 1.54) is 22.3 Å². The van der Waals surface area contributed by atoms with Gasteiger partial charge in [0, 0.05) is 107 Å². The molecule has 0 radical (unpaired) electrons. The Morgan fingerprint density at radius 3 is 0.980 bits per heavy atom. The number of fused-ring (bicyclic) bond motifs is 11. The van der Waals surface area contributed by atoms with Gasteiger partial charge in [0.2, 0.25) is 0 Å². The molecule has 0 spiro atoms. The van der Waals surface area contributed by atoms with Crippen molar-refractivity contribution >= 4 is 124 Å². The van der Waals surface area contributed by atoms with Gasteiger partial charge in [0.05, 0.1) is 11.3 Å². The van der Waals surface area contributed by atoms with E-state index in [0.29, 0.717) is 51.6 Å². The van der Waals surface area contributed by atoms with Crippen LogP contribution in [-0.2, 0) is 106 Å². The van der Waals surface area contributed by atoms with Crippen molar-refractivity contribution in [3.05, 3.63) is 447 Å². The van der Waals surface area contributed by atoms with Crippen molar-refractivity contribution in [2.24, 2.45) is 0 Å². The molecular formula is C123H109N17O6Pt4. The summed E-state index contributed by atoms with van der Waals surface area (Å²) in [5.41, 5.74) is 21.4. The summed E-state index contributed by atoms with van der Waals surface area (Å²) >= 11 is 0. The van der Waals surface area contributed by atoms with Gasteiger partial charge in [-0.25, -0.2) is 0 Å². The number of hydrogen-bond donors (Lipinski definition) is 0. The third-order valence-electron chi connectivity index (χ3n) is 28.2. The summed E-state index contributed by atoms with van der Waals surface area (Å²) in [5, 5.41) is 3.89. The maximum absolute atomic E-state index is 6.57. The fourth-order valence-corrected chi connectivity index (χ4v) is 19.2. The smallest absolute Gasteiger partial charge is 0.512 e. The average Bonchev–Trinajstić information content (AvgIpc) is 1.56. The number of ether oxygens (including phenoxy) is 4. The zero-order chi connectivity index (χ0) is 101. The Morgan fingerprint density at radius 2 is 0.573 bits per heavy atom. The molecule has 0 N–H and O–H groups in total. The van der Waals surface area contributed by atoms with E-state index in [-0.39, 0.29) is 106 Å². The Balaban J connectivity index is 0.000000130. The Morgan fingerprint density at radius 1 is 0.253 bits per heavy atom. The van der Waals surface area contributed by atoms with Gasteiger partial charge in [-0.1, -0.05) is 144 Å². The summed E-state index contributed by atoms with van der Waals surface area (Å²) in [6.07, 6.45) is 15.3. The monoisotopic (exact) mass is 2700 g/mol. The summed E-state index contributed by atoms with van der Waals surface area (Å²) in [5.74, 6) is 4.72. The minimum atomic E-state index is -0.126. The van der Waals surface area contributed by atoms with E-state index in [1.54, 1.807) is 12.4 Å². The minimum Gasteiger partial charge on any atom is -0.512 e. The summed E-state index contributed by atoms with van der Waals surface area (Å²) in [7, 11) is 16.4.